The molecule has 0 radical (unpaired) electrons. The van der Waals surface area contributed by atoms with E-state index in [2.05, 4.69) is 15.6 Å². The molecule has 5 unspecified atom stereocenters. The Kier molecular flexibility index (Phi) is 13.8. The molecule has 2 saturated carbocycles. The summed E-state index contributed by atoms with van der Waals surface area (Å²) in [5.74, 6) is -3.00. The van der Waals surface area contributed by atoms with Crippen molar-refractivity contribution >= 4 is 56.6 Å². The van der Waals surface area contributed by atoms with E-state index in [1.807, 2.05) is 4.72 Å². The van der Waals surface area contributed by atoms with Crippen LogP contribution in [-0.4, -0.2) is 117 Å². The van der Waals surface area contributed by atoms with Gasteiger partial charge in [-0.2, -0.15) is 21.6 Å². The first-order chi connectivity index (χ1) is 28.2. The standard InChI is InChI=1S/C39H53ClF3N5O12S/c1-10-21-18-38(21,33(51)47-61(53,54)60-37(7)14-15-37)46-31(49)25-16-22(19-48(25)32(50)30(35(2,3)4)45-34(52)59-36(5,6)39(41,42)43)58-26-17-27(57-20-28(55-8)56-9)44-29-23(26)12-11-13-24(29)40/h11-13,17,21-22,25,28,30H,10,14-16,18-20H2,1-9H3,(H,45,52)(H,46,49)(H,47,51). The summed E-state index contributed by atoms with van der Waals surface area (Å²) in [6, 6.07) is 3.44. The molecular formula is C39H53ClF3N5O12S. The molecule has 2 aromatic rings. The van der Waals surface area contributed by atoms with Gasteiger partial charge in [0, 0.05) is 32.1 Å². The number of nitrogens with zero attached hydrogens (tertiary/aromatic N) is 2. The van der Waals surface area contributed by atoms with E-state index < -0.39 is 92.8 Å². The number of pyridine rings is 1. The lowest BCUT2D eigenvalue weighted by Gasteiger charge is -2.36. The first-order valence-corrected chi connectivity index (χ1v) is 21.4. The van der Waals surface area contributed by atoms with E-state index in [1.165, 1.54) is 20.3 Å². The predicted molar refractivity (Wildman–Crippen MR) is 213 cm³/mol. The topological polar surface area (TPSA) is 210 Å². The van der Waals surface area contributed by atoms with Crippen LogP contribution in [-0.2, 0) is 43.1 Å². The van der Waals surface area contributed by atoms with Crippen molar-refractivity contribution in [2.24, 2.45) is 11.3 Å². The zero-order valence-corrected chi connectivity index (χ0v) is 36.9. The summed E-state index contributed by atoms with van der Waals surface area (Å²) >= 11 is 6.53. The first kappa shape index (κ1) is 47.9. The van der Waals surface area contributed by atoms with Crippen LogP contribution in [0, 0.1) is 11.3 Å². The number of alkyl carbamates (subject to hydrolysis) is 1. The number of likely N-dealkylation sites (tertiary alicyclic amines) is 1. The minimum atomic E-state index is -4.95. The van der Waals surface area contributed by atoms with E-state index in [4.69, 9.17) is 39.5 Å². The molecule has 0 bridgehead atoms. The van der Waals surface area contributed by atoms with Crippen LogP contribution in [0.4, 0.5) is 18.0 Å². The number of rotatable bonds is 17. The van der Waals surface area contributed by atoms with Crippen molar-refractivity contribution in [3.05, 3.63) is 29.3 Å². The second kappa shape index (κ2) is 17.5. The molecule has 2 heterocycles. The highest BCUT2D eigenvalue weighted by Gasteiger charge is 2.62. The number of para-hydroxylation sites is 1. The monoisotopic (exact) mass is 907 g/mol. The lowest BCUT2D eigenvalue weighted by Crippen LogP contribution is -2.60. The minimum Gasteiger partial charge on any atom is -0.488 e. The predicted octanol–water partition coefficient (Wildman–Crippen LogP) is 4.93. The molecule has 2 aliphatic carbocycles. The molecule has 5 atom stereocenters. The third-order valence-electron chi connectivity index (χ3n) is 11.0. The Labute approximate surface area is 357 Å². The summed E-state index contributed by atoms with van der Waals surface area (Å²) < 4.78 is 101. The van der Waals surface area contributed by atoms with Crippen molar-refractivity contribution in [2.45, 2.75) is 128 Å². The summed E-state index contributed by atoms with van der Waals surface area (Å²) in [7, 11) is -1.72. The SMILES string of the molecule is CCC1CC1(NC(=O)C1CC(Oc2cc(OCC(OC)OC)nc3c(Cl)cccc23)CN1C(=O)C(NC(=O)OC(C)(C)C(F)(F)F)C(C)(C)C)C(=O)NS(=O)(=O)OC1(C)CC1. The third kappa shape index (κ3) is 11.1. The molecule has 1 saturated heterocycles. The van der Waals surface area contributed by atoms with Crippen molar-refractivity contribution < 1.29 is 68.6 Å². The van der Waals surface area contributed by atoms with Crippen molar-refractivity contribution in [2.75, 3.05) is 27.4 Å². The number of hydrogen-bond acceptors (Lipinski definition) is 13. The maximum atomic E-state index is 14.6. The fourth-order valence-corrected chi connectivity index (χ4v) is 8.25. The highest BCUT2D eigenvalue weighted by molar-refractivity contribution is 7.85. The molecule has 340 valence electrons. The molecule has 22 heteroatoms. The van der Waals surface area contributed by atoms with E-state index >= 15 is 0 Å². The highest BCUT2D eigenvalue weighted by Crippen LogP contribution is 2.47. The molecule has 1 aromatic carbocycles. The average molecular weight is 908 g/mol. The number of hydrogen-bond donors (Lipinski definition) is 3. The summed E-state index contributed by atoms with van der Waals surface area (Å²) in [6.45, 7) is 8.91. The fourth-order valence-electron chi connectivity index (χ4n) is 6.89. The van der Waals surface area contributed by atoms with Gasteiger partial charge < -0.3 is 39.2 Å². The smallest absolute Gasteiger partial charge is 0.427 e. The van der Waals surface area contributed by atoms with Crippen molar-refractivity contribution in [1.29, 1.82) is 0 Å². The van der Waals surface area contributed by atoms with Gasteiger partial charge in [0.2, 0.25) is 23.3 Å². The summed E-state index contributed by atoms with van der Waals surface area (Å²) in [6.07, 6.45) is -7.03. The normalized spacial score (nSPS) is 23.0. The van der Waals surface area contributed by atoms with Crippen LogP contribution in [0.1, 0.15) is 80.6 Å². The van der Waals surface area contributed by atoms with E-state index in [0.717, 1.165) is 4.90 Å². The lowest BCUT2D eigenvalue weighted by molar-refractivity contribution is -0.244. The number of nitrogens with one attached hydrogen (secondary N) is 3. The maximum absolute atomic E-state index is 14.6. The average Bonchev–Trinajstić information content (AvgIpc) is 4.01. The van der Waals surface area contributed by atoms with Gasteiger partial charge in [-0.05, 0) is 63.5 Å². The van der Waals surface area contributed by atoms with Crippen molar-refractivity contribution in [3.8, 4) is 11.6 Å². The Hall–Kier alpha value is -4.18. The van der Waals surface area contributed by atoms with Gasteiger partial charge in [-0.15, -0.1) is 0 Å². The summed E-state index contributed by atoms with van der Waals surface area (Å²) in [5, 5.41) is 5.66. The number of carbonyl (C=O) groups is 4. The number of amides is 4. The van der Waals surface area contributed by atoms with Crippen molar-refractivity contribution in [3.63, 3.8) is 0 Å². The van der Waals surface area contributed by atoms with Gasteiger partial charge in [-0.25, -0.2) is 18.7 Å². The first-order valence-electron chi connectivity index (χ1n) is 19.6. The fraction of sp³-hybridized carbons (Fsp3) is 0.667. The quantitative estimate of drug-likeness (QED) is 0.180. The van der Waals surface area contributed by atoms with Gasteiger partial charge in [0.25, 0.3) is 5.91 Å². The second-order valence-corrected chi connectivity index (χ2v) is 19.0. The van der Waals surface area contributed by atoms with Crippen LogP contribution in [0.3, 0.4) is 0 Å². The Bertz CT molecular complexity index is 2110. The molecular weight excluding hydrogens is 855 g/mol. The number of fused-ring (bicyclic) bond motifs is 1. The molecule has 3 fully saturated rings. The van der Waals surface area contributed by atoms with Crippen LogP contribution in [0.25, 0.3) is 10.9 Å². The molecule has 4 amide bonds. The number of carbonyl (C=O) groups excluding carboxylic acids is 4. The number of aromatic nitrogens is 1. The molecule has 1 aromatic heterocycles. The van der Waals surface area contributed by atoms with E-state index in [1.54, 1.807) is 52.8 Å². The summed E-state index contributed by atoms with van der Waals surface area (Å²) in [5.41, 5.74) is -6.43. The van der Waals surface area contributed by atoms with Gasteiger partial charge in [0.05, 0.1) is 22.7 Å². The van der Waals surface area contributed by atoms with Crippen LogP contribution in [0.15, 0.2) is 24.3 Å². The van der Waals surface area contributed by atoms with Gasteiger partial charge >= 0.3 is 22.6 Å². The minimum absolute atomic E-state index is 0.0640. The zero-order chi connectivity index (χ0) is 45.5. The van der Waals surface area contributed by atoms with Gasteiger partial charge in [0.1, 0.15) is 36.1 Å². The second-order valence-electron chi connectivity index (χ2n) is 17.3. The number of benzene rings is 1. The number of methoxy groups -OCH3 is 2. The Morgan fingerprint density at radius 3 is 2.28 bits per heavy atom. The Balaban J connectivity index is 1.48. The highest BCUT2D eigenvalue weighted by atomic mass is 35.5. The van der Waals surface area contributed by atoms with Gasteiger partial charge in [-0.3, -0.25) is 14.4 Å². The third-order valence-corrected chi connectivity index (χ3v) is 12.4. The van der Waals surface area contributed by atoms with E-state index in [-0.39, 0.29) is 42.6 Å². The van der Waals surface area contributed by atoms with E-state index in [9.17, 15) is 40.8 Å². The zero-order valence-electron chi connectivity index (χ0n) is 35.4. The molecule has 3 N–H and O–H groups in total. The van der Waals surface area contributed by atoms with Crippen LogP contribution in [0.5, 0.6) is 11.6 Å². The Morgan fingerprint density at radius 2 is 1.72 bits per heavy atom. The largest absolute Gasteiger partial charge is 0.488 e. The number of alkyl halides is 3. The lowest BCUT2D eigenvalue weighted by atomic mass is 9.85. The molecule has 61 heavy (non-hydrogen) atoms. The van der Waals surface area contributed by atoms with Gasteiger partial charge in [0.15, 0.2) is 6.29 Å². The van der Waals surface area contributed by atoms with E-state index in [0.29, 0.717) is 44.0 Å². The van der Waals surface area contributed by atoms with Gasteiger partial charge in [-0.1, -0.05) is 51.8 Å². The van der Waals surface area contributed by atoms with Crippen molar-refractivity contribution in [1.82, 2.24) is 25.2 Å². The van der Waals surface area contributed by atoms with Crippen LogP contribution in [0.2, 0.25) is 5.02 Å². The number of halogens is 4. The molecule has 17 nitrogen and oxygen atoms in total. The van der Waals surface area contributed by atoms with Crippen LogP contribution >= 0.6 is 11.6 Å². The van der Waals surface area contributed by atoms with Crippen LogP contribution < -0.4 is 24.8 Å². The molecule has 0 spiro atoms. The summed E-state index contributed by atoms with van der Waals surface area (Å²) in [4.78, 5) is 61.4. The molecule has 3 aliphatic rings. The molecule has 1 aliphatic heterocycles. The molecule has 5 rings (SSSR count). The Morgan fingerprint density at radius 1 is 1.07 bits per heavy atom. The maximum Gasteiger partial charge on any atom is 0.427 e. The number of ether oxygens (including phenoxy) is 5.